The molecule has 0 heterocycles. The maximum absolute atomic E-state index is 11.4. The van der Waals surface area contributed by atoms with Gasteiger partial charge in [0.25, 0.3) is 0 Å². The summed E-state index contributed by atoms with van der Waals surface area (Å²) in [6.07, 6.45) is 7.36. The number of unbranched alkanes of at least 4 members (excludes halogenated alkanes) is 5. The van der Waals surface area contributed by atoms with Gasteiger partial charge in [0, 0.05) is 0 Å². The molecule has 0 saturated carbocycles. The third-order valence-corrected chi connectivity index (χ3v) is 2.36. The number of hydrogen-bond acceptors (Lipinski definition) is 2. The average Bonchev–Trinajstić information content (AvgIpc) is 2.13. The van der Waals surface area contributed by atoms with Crippen LogP contribution in [0.2, 0.25) is 0 Å². The Morgan fingerprint density at radius 1 is 1.00 bits per heavy atom. The van der Waals surface area contributed by atoms with Crippen LogP contribution in [0.4, 0.5) is 0 Å². The van der Waals surface area contributed by atoms with E-state index in [9.17, 15) is 4.79 Å². The summed E-state index contributed by atoms with van der Waals surface area (Å²) >= 11 is 0. The minimum atomic E-state index is -0.0824. The Bertz CT molecular complexity index is 190. The molecule has 104 valence electrons. The van der Waals surface area contributed by atoms with Crippen LogP contribution in [0.1, 0.15) is 45.4 Å². The van der Waals surface area contributed by atoms with E-state index in [2.05, 4.69) is 6.92 Å². The van der Waals surface area contributed by atoms with E-state index < -0.39 is 0 Å². The average molecular weight is 266 g/mol. The van der Waals surface area contributed by atoms with E-state index in [0.29, 0.717) is 17.6 Å². The van der Waals surface area contributed by atoms with Gasteiger partial charge in [0.15, 0.2) is 6.54 Å². The van der Waals surface area contributed by atoms with Crippen molar-refractivity contribution >= 4 is 5.97 Å². The Labute approximate surface area is 113 Å². The molecule has 0 radical (unpaired) electrons. The van der Waals surface area contributed by atoms with Gasteiger partial charge in [-0.1, -0.05) is 39.0 Å². The molecule has 3 nitrogen and oxygen atoms in total. The second kappa shape index (κ2) is 10.8. The van der Waals surface area contributed by atoms with Gasteiger partial charge in [-0.2, -0.15) is 0 Å². The van der Waals surface area contributed by atoms with E-state index in [-0.39, 0.29) is 18.4 Å². The molecule has 0 unspecified atom stereocenters. The molecule has 0 fully saturated rings. The molecule has 0 atom stereocenters. The van der Waals surface area contributed by atoms with Crippen LogP contribution >= 0.6 is 0 Å². The van der Waals surface area contributed by atoms with Crippen molar-refractivity contribution in [1.82, 2.24) is 0 Å². The van der Waals surface area contributed by atoms with Gasteiger partial charge in [-0.05, 0) is 6.42 Å². The molecule has 0 N–H and O–H groups in total. The van der Waals surface area contributed by atoms with Crippen LogP contribution in [0.5, 0.6) is 0 Å². The van der Waals surface area contributed by atoms with E-state index >= 15 is 0 Å². The first-order valence-electron chi connectivity index (χ1n) is 6.42. The summed E-state index contributed by atoms with van der Waals surface area (Å²) in [5.74, 6) is -0.0824. The molecule has 0 saturated heterocycles. The fourth-order valence-electron chi connectivity index (χ4n) is 1.50. The monoisotopic (exact) mass is 265 g/mol. The predicted octanol–water partition coefficient (Wildman–Crippen LogP) is -0.400. The van der Waals surface area contributed by atoms with Crippen molar-refractivity contribution in [3.63, 3.8) is 0 Å². The molecule has 0 aliphatic rings. The van der Waals surface area contributed by atoms with Crippen LogP contribution in [-0.4, -0.2) is 44.7 Å². The Kier molecular flexibility index (Phi) is 12.2. The summed E-state index contributed by atoms with van der Waals surface area (Å²) in [4.78, 5) is 11.4. The van der Waals surface area contributed by atoms with E-state index in [4.69, 9.17) is 4.74 Å². The highest BCUT2D eigenvalue weighted by atomic mass is 35.5. The van der Waals surface area contributed by atoms with Gasteiger partial charge < -0.3 is 21.6 Å². The number of esters is 1. The molecule has 0 bridgehead atoms. The van der Waals surface area contributed by atoms with E-state index in [1.807, 2.05) is 21.1 Å². The molecule has 0 aliphatic carbocycles. The SMILES string of the molecule is CCCCCCCCOC(=O)C[N+](C)(C)C.[Cl-]. The predicted molar refractivity (Wildman–Crippen MR) is 67.2 cm³/mol. The number of nitrogens with zero attached hydrogens (tertiary/aromatic N) is 1. The summed E-state index contributed by atoms with van der Waals surface area (Å²) in [7, 11) is 5.98. The van der Waals surface area contributed by atoms with Gasteiger partial charge in [-0.15, -0.1) is 0 Å². The molecule has 0 spiro atoms. The van der Waals surface area contributed by atoms with Crippen molar-refractivity contribution in [2.24, 2.45) is 0 Å². The lowest BCUT2D eigenvalue weighted by Crippen LogP contribution is -3.00. The molecule has 0 aliphatic heterocycles. The highest BCUT2D eigenvalue weighted by Gasteiger charge is 2.14. The number of rotatable bonds is 9. The number of likely N-dealkylation sites (N-methyl/N-ethyl adjacent to an activating group) is 1. The van der Waals surface area contributed by atoms with Gasteiger partial charge in [0.05, 0.1) is 27.7 Å². The van der Waals surface area contributed by atoms with Crippen LogP contribution in [0.15, 0.2) is 0 Å². The van der Waals surface area contributed by atoms with E-state index in [0.717, 1.165) is 6.42 Å². The summed E-state index contributed by atoms with van der Waals surface area (Å²) in [5, 5.41) is 0. The first-order chi connectivity index (χ1) is 7.45. The van der Waals surface area contributed by atoms with Crippen LogP contribution < -0.4 is 12.4 Å². The third-order valence-electron chi connectivity index (χ3n) is 2.36. The number of carbonyl (C=O) groups is 1. The molecule has 0 aromatic heterocycles. The van der Waals surface area contributed by atoms with Crippen molar-refractivity contribution in [3.8, 4) is 0 Å². The molecule has 4 heteroatoms. The van der Waals surface area contributed by atoms with E-state index in [1.165, 1.54) is 32.1 Å². The summed E-state index contributed by atoms with van der Waals surface area (Å²) < 4.78 is 5.80. The van der Waals surface area contributed by atoms with Gasteiger partial charge in [-0.25, -0.2) is 4.79 Å². The second-order valence-corrected chi connectivity index (χ2v) is 5.44. The molecular weight excluding hydrogens is 238 g/mol. The zero-order valence-electron chi connectivity index (χ0n) is 11.8. The normalized spacial score (nSPS) is 10.8. The standard InChI is InChI=1S/C13H28NO2.ClH/c1-5-6-7-8-9-10-11-16-13(15)12-14(2,3)4;/h5-12H2,1-4H3;1H/q+1;/p-1. The van der Waals surface area contributed by atoms with Gasteiger partial charge in [0.1, 0.15) is 0 Å². The molecule has 0 aromatic carbocycles. The van der Waals surface area contributed by atoms with Crippen LogP contribution in [0.25, 0.3) is 0 Å². The molecule has 0 rings (SSSR count). The molecular formula is C13H28ClNO2. The summed E-state index contributed by atoms with van der Waals surface area (Å²) in [6.45, 7) is 3.26. The minimum Gasteiger partial charge on any atom is -1.00 e. The Balaban J connectivity index is 0. The quantitative estimate of drug-likeness (QED) is 0.322. The lowest BCUT2D eigenvalue weighted by molar-refractivity contribution is -0.862. The number of quaternary nitrogens is 1. The summed E-state index contributed by atoms with van der Waals surface area (Å²) in [6, 6.07) is 0. The maximum atomic E-state index is 11.4. The van der Waals surface area contributed by atoms with Crippen molar-refractivity contribution in [1.29, 1.82) is 0 Å². The highest BCUT2D eigenvalue weighted by molar-refractivity contribution is 5.70. The van der Waals surface area contributed by atoms with E-state index in [1.54, 1.807) is 0 Å². The smallest absolute Gasteiger partial charge is 0.361 e. The lowest BCUT2D eigenvalue weighted by atomic mass is 10.1. The van der Waals surface area contributed by atoms with Crippen LogP contribution in [0.3, 0.4) is 0 Å². The maximum Gasteiger partial charge on any atom is 0.361 e. The van der Waals surface area contributed by atoms with Crippen molar-refractivity contribution in [2.75, 3.05) is 34.3 Å². The van der Waals surface area contributed by atoms with Gasteiger partial charge in [-0.3, -0.25) is 0 Å². The second-order valence-electron chi connectivity index (χ2n) is 5.44. The minimum absolute atomic E-state index is 0. The topological polar surface area (TPSA) is 26.3 Å². The number of halogens is 1. The lowest BCUT2D eigenvalue weighted by Gasteiger charge is -2.22. The summed E-state index contributed by atoms with van der Waals surface area (Å²) in [5.41, 5.74) is 0. The fraction of sp³-hybridized carbons (Fsp3) is 0.923. The first-order valence-corrected chi connectivity index (χ1v) is 6.42. The van der Waals surface area contributed by atoms with Gasteiger partial charge in [0.2, 0.25) is 0 Å². The Morgan fingerprint density at radius 3 is 2.06 bits per heavy atom. The van der Waals surface area contributed by atoms with Crippen LogP contribution in [0, 0.1) is 0 Å². The Morgan fingerprint density at radius 2 is 1.53 bits per heavy atom. The van der Waals surface area contributed by atoms with Gasteiger partial charge >= 0.3 is 5.97 Å². The zero-order chi connectivity index (χ0) is 12.4. The zero-order valence-corrected chi connectivity index (χ0v) is 12.6. The first kappa shape index (κ1) is 19.1. The number of ether oxygens (including phenoxy) is 1. The van der Waals surface area contributed by atoms with Crippen LogP contribution in [-0.2, 0) is 9.53 Å². The highest BCUT2D eigenvalue weighted by Crippen LogP contribution is 2.05. The molecule has 0 amide bonds. The van der Waals surface area contributed by atoms with Crippen molar-refractivity contribution in [3.05, 3.63) is 0 Å². The van der Waals surface area contributed by atoms with Crippen molar-refractivity contribution < 1.29 is 26.4 Å². The Hall–Kier alpha value is -0.280. The number of carbonyl (C=O) groups excluding carboxylic acids is 1. The molecule has 17 heavy (non-hydrogen) atoms. The van der Waals surface area contributed by atoms with Crippen molar-refractivity contribution in [2.45, 2.75) is 45.4 Å². The largest absolute Gasteiger partial charge is 1.00 e. The fourth-order valence-corrected chi connectivity index (χ4v) is 1.50. The third kappa shape index (κ3) is 15.7. The molecule has 0 aromatic rings. The number of hydrogen-bond donors (Lipinski definition) is 0.